The van der Waals surface area contributed by atoms with Gasteiger partial charge in [0.05, 0.1) is 0 Å². The van der Waals surface area contributed by atoms with Crippen LogP contribution < -0.4 is 5.32 Å². The quantitative estimate of drug-likeness (QED) is 0.832. The van der Waals surface area contributed by atoms with E-state index < -0.39 is 0 Å². The first kappa shape index (κ1) is 15.2. The van der Waals surface area contributed by atoms with Crippen molar-refractivity contribution in [1.29, 1.82) is 0 Å². The summed E-state index contributed by atoms with van der Waals surface area (Å²) in [6.07, 6.45) is 0. The fourth-order valence-corrected chi connectivity index (χ4v) is 2.27. The summed E-state index contributed by atoms with van der Waals surface area (Å²) in [7, 11) is 4.27. The van der Waals surface area contributed by atoms with E-state index in [0.29, 0.717) is 12.0 Å². The Hall–Kier alpha value is -0.860. The van der Waals surface area contributed by atoms with Crippen LogP contribution in [-0.2, 0) is 6.54 Å². The Morgan fingerprint density at radius 2 is 1.67 bits per heavy atom. The SMILES string of the molecule is Cc1cccc(C)c1CNC(CN(C)C)C(C)C. The zero-order chi connectivity index (χ0) is 13.7. The summed E-state index contributed by atoms with van der Waals surface area (Å²) in [5.74, 6) is 0.650. The van der Waals surface area contributed by atoms with Crippen LogP contribution in [0.25, 0.3) is 0 Å². The van der Waals surface area contributed by atoms with Crippen LogP contribution in [0.2, 0.25) is 0 Å². The molecule has 0 saturated carbocycles. The van der Waals surface area contributed by atoms with Gasteiger partial charge in [-0.1, -0.05) is 32.0 Å². The van der Waals surface area contributed by atoms with E-state index in [-0.39, 0.29) is 0 Å². The summed E-state index contributed by atoms with van der Waals surface area (Å²) in [5.41, 5.74) is 4.21. The molecule has 0 aromatic heterocycles. The van der Waals surface area contributed by atoms with E-state index in [0.717, 1.165) is 13.1 Å². The maximum Gasteiger partial charge on any atom is 0.0220 e. The minimum Gasteiger partial charge on any atom is -0.308 e. The van der Waals surface area contributed by atoms with Crippen molar-refractivity contribution in [2.24, 2.45) is 5.92 Å². The van der Waals surface area contributed by atoms with Gasteiger partial charge in [-0.15, -0.1) is 0 Å². The number of nitrogens with zero attached hydrogens (tertiary/aromatic N) is 1. The number of likely N-dealkylation sites (N-methyl/N-ethyl adjacent to an activating group) is 1. The number of benzene rings is 1. The van der Waals surface area contributed by atoms with Gasteiger partial charge >= 0.3 is 0 Å². The highest BCUT2D eigenvalue weighted by Gasteiger charge is 2.14. The van der Waals surface area contributed by atoms with Gasteiger partial charge in [0, 0.05) is 19.1 Å². The predicted molar refractivity (Wildman–Crippen MR) is 79.9 cm³/mol. The molecule has 0 spiro atoms. The normalized spacial score (nSPS) is 13.3. The van der Waals surface area contributed by atoms with Crippen LogP contribution in [0, 0.1) is 19.8 Å². The van der Waals surface area contributed by atoms with E-state index >= 15 is 0 Å². The van der Waals surface area contributed by atoms with Crippen LogP contribution >= 0.6 is 0 Å². The maximum atomic E-state index is 3.71. The lowest BCUT2D eigenvalue weighted by Crippen LogP contribution is -2.41. The zero-order valence-corrected chi connectivity index (χ0v) is 12.7. The summed E-state index contributed by atoms with van der Waals surface area (Å²) in [6.45, 7) is 11.0. The molecule has 1 atom stereocenters. The Labute approximate surface area is 112 Å². The number of nitrogens with one attached hydrogen (secondary N) is 1. The standard InChI is InChI=1S/C16H28N2/c1-12(2)16(11-18(5)6)17-10-15-13(3)8-7-9-14(15)4/h7-9,12,16-17H,10-11H2,1-6H3. The summed E-state index contributed by atoms with van der Waals surface area (Å²) < 4.78 is 0. The molecule has 0 radical (unpaired) electrons. The minimum absolute atomic E-state index is 0.541. The zero-order valence-electron chi connectivity index (χ0n) is 12.7. The van der Waals surface area contributed by atoms with Gasteiger partial charge in [-0.25, -0.2) is 0 Å². The van der Waals surface area contributed by atoms with Gasteiger partial charge in [0.25, 0.3) is 0 Å². The monoisotopic (exact) mass is 248 g/mol. The minimum atomic E-state index is 0.541. The third-order valence-corrected chi connectivity index (χ3v) is 3.55. The highest BCUT2D eigenvalue weighted by atomic mass is 15.1. The molecule has 2 nitrogen and oxygen atoms in total. The lowest BCUT2D eigenvalue weighted by atomic mass is 10.0. The van der Waals surface area contributed by atoms with Crippen molar-refractivity contribution in [1.82, 2.24) is 10.2 Å². The summed E-state index contributed by atoms with van der Waals surface area (Å²) in [5, 5.41) is 3.71. The van der Waals surface area contributed by atoms with Crippen molar-refractivity contribution in [3.63, 3.8) is 0 Å². The first-order valence-corrected chi connectivity index (χ1v) is 6.85. The molecule has 2 heteroatoms. The molecule has 0 aliphatic rings. The van der Waals surface area contributed by atoms with Crippen LogP contribution in [0.3, 0.4) is 0 Å². The Morgan fingerprint density at radius 3 is 2.11 bits per heavy atom. The lowest BCUT2D eigenvalue weighted by Gasteiger charge is -2.26. The van der Waals surface area contributed by atoms with Crippen molar-refractivity contribution in [2.45, 2.75) is 40.3 Å². The second-order valence-electron chi connectivity index (χ2n) is 5.86. The molecule has 102 valence electrons. The van der Waals surface area contributed by atoms with Gasteiger partial charge in [-0.05, 0) is 50.6 Å². The molecule has 0 bridgehead atoms. The van der Waals surface area contributed by atoms with Crippen molar-refractivity contribution in [3.8, 4) is 0 Å². The molecule has 1 rings (SSSR count). The summed E-state index contributed by atoms with van der Waals surface area (Å²) in [4.78, 5) is 2.25. The van der Waals surface area contributed by atoms with Crippen molar-refractivity contribution in [2.75, 3.05) is 20.6 Å². The van der Waals surface area contributed by atoms with Gasteiger partial charge < -0.3 is 10.2 Å². The highest BCUT2D eigenvalue weighted by molar-refractivity contribution is 5.33. The second kappa shape index (κ2) is 6.91. The largest absolute Gasteiger partial charge is 0.308 e. The van der Waals surface area contributed by atoms with Crippen molar-refractivity contribution < 1.29 is 0 Å². The maximum absolute atomic E-state index is 3.71. The van der Waals surface area contributed by atoms with Crippen LogP contribution in [0.1, 0.15) is 30.5 Å². The molecule has 0 heterocycles. The Balaban J connectivity index is 2.67. The lowest BCUT2D eigenvalue weighted by molar-refractivity contribution is 0.288. The molecule has 0 aliphatic heterocycles. The number of hydrogen-bond acceptors (Lipinski definition) is 2. The van der Waals surface area contributed by atoms with Crippen LogP contribution in [0.5, 0.6) is 0 Å². The molecule has 1 N–H and O–H groups in total. The number of aryl methyl sites for hydroxylation is 2. The Bertz CT molecular complexity index is 349. The second-order valence-corrected chi connectivity index (χ2v) is 5.86. The van der Waals surface area contributed by atoms with E-state index in [1.54, 1.807) is 0 Å². The molecule has 1 aromatic rings. The number of rotatable bonds is 6. The van der Waals surface area contributed by atoms with Crippen LogP contribution in [0.4, 0.5) is 0 Å². The molecular formula is C16H28N2. The van der Waals surface area contributed by atoms with E-state index in [4.69, 9.17) is 0 Å². The van der Waals surface area contributed by atoms with Gasteiger partial charge in [0.15, 0.2) is 0 Å². The molecule has 0 saturated heterocycles. The van der Waals surface area contributed by atoms with E-state index in [1.165, 1.54) is 16.7 Å². The highest BCUT2D eigenvalue weighted by Crippen LogP contribution is 2.14. The average Bonchev–Trinajstić information content (AvgIpc) is 2.26. The van der Waals surface area contributed by atoms with Crippen molar-refractivity contribution >= 4 is 0 Å². The van der Waals surface area contributed by atoms with Gasteiger partial charge in [0.2, 0.25) is 0 Å². The first-order chi connectivity index (χ1) is 8.41. The van der Waals surface area contributed by atoms with Gasteiger partial charge in [0.1, 0.15) is 0 Å². The third-order valence-electron chi connectivity index (χ3n) is 3.55. The molecule has 0 amide bonds. The molecule has 1 unspecified atom stereocenters. The number of hydrogen-bond donors (Lipinski definition) is 1. The Kier molecular flexibility index (Phi) is 5.83. The molecule has 18 heavy (non-hydrogen) atoms. The van der Waals surface area contributed by atoms with Gasteiger partial charge in [-0.3, -0.25) is 0 Å². The smallest absolute Gasteiger partial charge is 0.0220 e. The first-order valence-electron chi connectivity index (χ1n) is 6.85. The fourth-order valence-electron chi connectivity index (χ4n) is 2.27. The third kappa shape index (κ3) is 4.43. The van der Waals surface area contributed by atoms with Crippen LogP contribution in [-0.4, -0.2) is 31.6 Å². The Morgan fingerprint density at radius 1 is 1.11 bits per heavy atom. The topological polar surface area (TPSA) is 15.3 Å². The van der Waals surface area contributed by atoms with Crippen LogP contribution in [0.15, 0.2) is 18.2 Å². The average molecular weight is 248 g/mol. The fraction of sp³-hybridized carbons (Fsp3) is 0.625. The molecule has 1 aromatic carbocycles. The van der Waals surface area contributed by atoms with Gasteiger partial charge in [-0.2, -0.15) is 0 Å². The summed E-state index contributed by atoms with van der Waals surface area (Å²) in [6, 6.07) is 7.06. The summed E-state index contributed by atoms with van der Waals surface area (Å²) >= 11 is 0. The van der Waals surface area contributed by atoms with E-state index in [9.17, 15) is 0 Å². The van der Waals surface area contributed by atoms with Crippen molar-refractivity contribution in [3.05, 3.63) is 34.9 Å². The van der Waals surface area contributed by atoms with E-state index in [2.05, 4.69) is 70.2 Å². The predicted octanol–water partition coefficient (Wildman–Crippen LogP) is 2.98. The van der Waals surface area contributed by atoms with E-state index in [1.807, 2.05) is 0 Å². The molecular weight excluding hydrogens is 220 g/mol. The molecule has 0 fully saturated rings. The molecule has 0 aliphatic carbocycles.